The average Bonchev–Trinajstić information content (AvgIpc) is 3.46. The maximum absolute atomic E-state index is 14.0. The van der Waals surface area contributed by atoms with Crippen LogP contribution in [0.3, 0.4) is 0 Å². The van der Waals surface area contributed by atoms with Crippen molar-refractivity contribution in [3.05, 3.63) is 139 Å². The van der Waals surface area contributed by atoms with Crippen LogP contribution in [-0.4, -0.2) is 42.2 Å². The van der Waals surface area contributed by atoms with Gasteiger partial charge in [-0.2, -0.15) is 0 Å². The zero-order valence-electron chi connectivity index (χ0n) is 24.8. The second-order valence-electron chi connectivity index (χ2n) is 10.7. The van der Waals surface area contributed by atoms with Gasteiger partial charge in [-0.1, -0.05) is 91.0 Å². The van der Waals surface area contributed by atoms with Crippen molar-refractivity contribution in [2.45, 2.75) is 37.3 Å². The fraction of sp³-hybridized carbons (Fsp3) is 0.243. The molecule has 0 saturated carbocycles. The van der Waals surface area contributed by atoms with Gasteiger partial charge in [0.15, 0.2) is 11.6 Å². The van der Waals surface area contributed by atoms with Crippen LogP contribution in [0.1, 0.15) is 42.1 Å². The van der Waals surface area contributed by atoms with Crippen LogP contribution in [-0.2, 0) is 16.0 Å². The molecule has 0 spiro atoms. The first-order valence-corrected chi connectivity index (χ1v) is 15.1. The second-order valence-corrected chi connectivity index (χ2v) is 10.7. The number of benzene rings is 4. The topological polar surface area (TPSA) is 92.2 Å². The highest BCUT2D eigenvalue weighted by molar-refractivity contribution is 6.01. The van der Waals surface area contributed by atoms with Crippen molar-refractivity contribution in [3.8, 4) is 16.9 Å². The van der Waals surface area contributed by atoms with Crippen molar-refractivity contribution in [1.29, 1.82) is 0 Å². The summed E-state index contributed by atoms with van der Waals surface area (Å²) in [4.78, 5) is 19.0. The predicted molar refractivity (Wildman–Crippen MR) is 174 cm³/mol. The van der Waals surface area contributed by atoms with Crippen molar-refractivity contribution in [1.82, 2.24) is 10.9 Å². The Hall–Kier alpha value is -4.72. The highest BCUT2D eigenvalue weighted by Gasteiger charge is 2.52. The van der Waals surface area contributed by atoms with E-state index < -0.39 is 11.6 Å². The van der Waals surface area contributed by atoms with Crippen molar-refractivity contribution < 1.29 is 19.4 Å². The lowest BCUT2D eigenvalue weighted by Gasteiger charge is -2.29. The van der Waals surface area contributed by atoms with E-state index in [0.717, 1.165) is 35.1 Å². The molecule has 0 fully saturated rings. The molecule has 226 valence electrons. The molecular weight excluding hydrogens is 550 g/mol. The quantitative estimate of drug-likeness (QED) is 0.0873. The second kappa shape index (κ2) is 15.1. The Labute approximate surface area is 259 Å². The van der Waals surface area contributed by atoms with Crippen LogP contribution in [0.5, 0.6) is 5.75 Å². The van der Waals surface area contributed by atoms with Gasteiger partial charge in [0.25, 0.3) is 5.91 Å². The van der Waals surface area contributed by atoms with E-state index in [1.807, 2.05) is 84.9 Å². The Morgan fingerprint density at radius 3 is 2.23 bits per heavy atom. The number of hydrogen-bond donors (Lipinski definition) is 3. The lowest BCUT2D eigenvalue weighted by molar-refractivity contribution is -0.129. The number of hydrazine groups is 1. The van der Waals surface area contributed by atoms with Crippen LogP contribution < -0.4 is 15.6 Å². The van der Waals surface area contributed by atoms with E-state index in [-0.39, 0.29) is 18.9 Å². The van der Waals surface area contributed by atoms with E-state index in [1.54, 1.807) is 6.08 Å². The van der Waals surface area contributed by atoms with Gasteiger partial charge in [0.1, 0.15) is 5.75 Å². The number of amides is 1. The van der Waals surface area contributed by atoms with Crippen LogP contribution in [0.15, 0.2) is 127 Å². The normalized spacial score (nSPS) is 17.4. The number of nitrogens with one attached hydrogen (secondary N) is 2. The number of rotatable bonds is 15. The Bertz CT molecular complexity index is 1520. The molecule has 1 heterocycles. The van der Waals surface area contributed by atoms with Crippen molar-refractivity contribution in [2.24, 2.45) is 4.99 Å². The molecular formula is C37H39N3O4. The van der Waals surface area contributed by atoms with Crippen molar-refractivity contribution in [3.63, 3.8) is 0 Å². The standard InChI is InChI=1S/C37H39N3O4/c1-2-24-37(36(42)40-38-25-9-13-28-11-5-3-6-12-28)34(31-18-16-30(17-19-31)29-14-7-4-8-15-29)44-35(39-37)32-20-22-33(23-21-32)43-27-10-26-41/h2-8,11-12,14-23,34,38,41H,1,9-10,13,24-27H2,(H,40,42)/t34-,37-/m0/s1. The lowest BCUT2D eigenvalue weighted by atomic mass is 9.84. The third-order valence-electron chi connectivity index (χ3n) is 7.62. The molecule has 3 N–H and O–H groups in total. The maximum atomic E-state index is 14.0. The van der Waals surface area contributed by atoms with E-state index >= 15 is 0 Å². The van der Waals surface area contributed by atoms with Crippen LogP contribution in [0.25, 0.3) is 11.1 Å². The monoisotopic (exact) mass is 589 g/mol. The van der Waals surface area contributed by atoms with Gasteiger partial charge in [-0.25, -0.2) is 10.4 Å². The van der Waals surface area contributed by atoms with Crippen LogP contribution in [0, 0.1) is 0 Å². The average molecular weight is 590 g/mol. The van der Waals surface area contributed by atoms with Gasteiger partial charge in [-0.15, -0.1) is 6.58 Å². The molecule has 5 rings (SSSR count). The molecule has 44 heavy (non-hydrogen) atoms. The van der Waals surface area contributed by atoms with Gasteiger partial charge < -0.3 is 14.6 Å². The van der Waals surface area contributed by atoms with E-state index in [4.69, 9.17) is 19.6 Å². The van der Waals surface area contributed by atoms with Gasteiger partial charge in [-0.3, -0.25) is 10.2 Å². The summed E-state index contributed by atoms with van der Waals surface area (Å²) in [6.07, 6.45) is 3.65. The zero-order valence-corrected chi connectivity index (χ0v) is 24.8. The number of carbonyl (C=O) groups excluding carboxylic acids is 1. The number of aryl methyl sites for hydroxylation is 1. The first kappa shape index (κ1) is 30.7. The summed E-state index contributed by atoms with van der Waals surface area (Å²) in [7, 11) is 0. The molecule has 0 unspecified atom stereocenters. The Morgan fingerprint density at radius 2 is 1.55 bits per heavy atom. The number of aliphatic hydroxyl groups is 1. The van der Waals surface area contributed by atoms with E-state index in [1.165, 1.54) is 5.56 Å². The minimum absolute atomic E-state index is 0.0752. The van der Waals surface area contributed by atoms with E-state index in [0.29, 0.717) is 31.2 Å². The van der Waals surface area contributed by atoms with E-state index in [2.05, 4.69) is 41.7 Å². The minimum atomic E-state index is -1.27. The summed E-state index contributed by atoms with van der Waals surface area (Å²) in [5, 5.41) is 9.03. The highest BCUT2D eigenvalue weighted by Crippen LogP contribution is 2.43. The number of hydrogen-bond acceptors (Lipinski definition) is 6. The van der Waals surface area contributed by atoms with Gasteiger partial charge >= 0.3 is 0 Å². The molecule has 7 heteroatoms. The molecule has 1 aliphatic heterocycles. The summed E-state index contributed by atoms with van der Waals surface area (Å²) in [5.74, 6) is 0.780. The number of nitrogens with zero attached hydrogens (tertiary/aromatic N) is 1. The van der Waals surface area contributed by atoms with Gasteiger partial charge in [0.05, 0.1) is 6.61 Å². The maximum Gasteiger partial charge on any atom is 0.266 e. The molecule has 1 aliphatic rings. The number of aliphatic imine (C=N–C) groups is 1. The molecule has 1 amide bonds. The molecule has 0 saturated heterocycles. The number of aliphatic hydroxyl groups excluding tert-OH is 1. The summed E-state index contributed by atoms with van der Waals surface area (Å²) in [5.41, 5.74) is 9.78. The smallest absolute Gasteiger partial charge is 0.266 e. The Balaban J connectivity index is 1.38. The van der Waals surface area contributed by atoms with Crippen molar-refractivity contribution >= 4 is 11.8 Å². The van der Waals surface area contributed by atoms with Crippen LogP contribution in [0.2, 0.25) is 0 Å². The fourth-order valence-electron chi connectivity index (χ4n) is 5.29. The molecule has 0 aromatic heterocycles. The number of carbonyl (C=O) groups is 1. The van der Waals surface area contributed by atoms with Gasteiger partial charge in [0, 0.05) is 31.6 Å². The summed E-state index contributed by atoms with van der Waals surface area (Å²) >= 11 is 0. The molecule has 0 radical (unpaired) electrons. The van der Waals surface area contributed by atoms with Crippen molar-refractivity contribution in [2.75, 3.05) is 19.8 Å². The fourth-order valence-corrected chi connectivity index (χ4v) is 5.29. The van der Waals surface area contributed by atoms with E-state index in [9.17, 15) is 4.79 Å². The molecule has 4 aromatic carbocycles. The molecule has 0 bridgehead atoms. The molecule has 2 atom stereocenters. The largest absolute Gasteiger partial charge is 0.494 e. The summed E-state index contributed by atoms with van der Waals surface area (Å²) in [6, 6.07) is 35.9. The van der Waals surface area contributed by atoms with Crippen LogP contribution >= 0.6 is 0 Å². The molecule has 0 aliphatic carbocycles. The predicted octanol–water partition coefficient (Wildman–Crippen LogP) is 6.20. The van der Waals surface area contributed by atoms with Crippen LogP contribution in [0.4, 0.5) is 0 Å². The first-order valence-electron chi connectivity index (χ1n) is 15.1. The zero-order chi connectivity index (χ0) is 30.6. The third kappa shape index (κ3) is 7.43. The molecule has 7 nitrogen and oxygen atoms in total. The first-order chi connectivity index (χ1) is 21.6. The number of ether oxygens (including phenoxy) is 2. The summed E-state index contributed by atoms with van der Waals surface area (Å²) < 4.78 is 12.2. The highest BCUT2D eigenvalue weighted by atomic mass is 16.5. The lowest BCUT2D eigenvalue weighted by Crippen LogP contribution is -2.52. The third-order valence-corrected chi connectivity index (χ3v) is 7.62. The van der Waals surface area contributed by atoms with Gasteiger partial charge in [0.2, 0.25) is 5.90 Å². The SMILES string of the molecule is C=CC[C@]1(C(=O)NNCCCc2ccccc2)N=C(c2ccc(OCCCO)cc2)O[C@H]1c1ccc(-c2ccccc2)cc1. The molecule has 4 aromatic rings. The Kier molecular flexibility index (Phi) is 10.6. The summed E-state index contributed by atoms with van der Waals surface area (Å²) in [6.45, 7) is 5.07. The van der Waals surface area contributed by atoms with Gasteiger partial charge in [-0.05, 0) is 59.4 Å². The minimum Gasteiger partial charge on any atom is -0.494 e. The Morgan fingerprint density at radius 1 is 0.886 bits per heavy atom.